The van der Waals surface area contributed by atoms with Crippen LogP contribution < -0.4 is 5.32 Å². The number of anilines is 1. The molecular formula is C19H14Cl2FN3O3. The molecule has 2 aromatic carbocycles. The maximum Gasteiger partial charge on any atom is 0.337 e. The number of carbonyl (C=O) groups is 2. The predicted molar refractivity (Wildman–Crippen MR) is 103 cm³/mol. The summed E-state index contributed by atoms with van der Waals surface area (Å²) in [6.45, 7) is 0.0505. The van der Waals surface area contributed by atoms with Crippen molar-refractivity contribution in [1.82, 2.24) is 9.78 Å². The minimum atomic E-state index is -0.499. The monoisotopic (exact) mass is 421 g/mol. The number of halogens is 3. The largest absolute Gasteiger partial charge is 0.465 e. The highest BCUT2D eigenvalue weighted by molar-refractivity contribution is 6.33. The molecule has 3 rings (SSSR count). The van der Waals surface area contributed by atoms with Crippen LogP contribution in [0.5, 0.6) is 0 Å². The molecule has 144 valence electrons. The lowest BCUT2D eigenvalue weighted by atomic mass is 10.1. The van der Waals surface area contributed by atoms with E-state index in [4.69, 9.17) is 23.2 Å². The van der Waals surface area contributed by atoms with Crippen LogP contribution in [0.1, 0.15) is 26.3 Å². The fraction of sp³-hybridized carbons (Fsp3) is 0.105. The first-order valence-corrected chi connectivity index (χ1v) is 8.80. The number of esters is 1. The van der Waals surface area contributed by atoms with E-state index in [0.717, 1.165) is 0 Å². The van der Waals surface area contributed by atoms with Gasteiger partial charge in [0.1, 0.15) is 10.8 Å². The molecule has 1 aromatic heterocycles. The second kappa shape index (κ2) is 8.41. The van der Waals surface area contributed by atoms with Crippen LogP contribution in [-0.4, -0.2) is 28.8 Å². The molecule has 0 aliphatic heterocycles. The maximum absolute atomic E-state index is 13.9. The van der Waals surface area contributed by atoms with E-state index >= 15 is 0 Å². The molecular weight excluding hydrogens is 408 g/mol. The summed E-state index contributed by atoms with van der Waals surface area (Å²) in [5.74, 6) is -1.31. The zero-order chi connectivity index (χ0) is 20.3. The van der Waals surface area contributed by atoms with Crippen molar-refractivity contribution in [3.8, 4) is 0 Å². The number of aromatic nitrogens is 2. The number of nitrogens with zero attached hydrogens (tertiary/aromatic N) is 2. The van der Waals surface area contributed by atoms with Gasteiger partial charge in [-0.15, -0.1) is 0 Å². The summed E-state index contributed by atoms with van der Waals surface area (Å²) in [6, 6.07) is 10.3. The van der Waals surface area contributed by atoms with Gasteiger partial charge >= 0.3 is 5.97 Å². The number of ether oxygens (including phenoxy) is 1. The first-order chi connectivity index (χ1) is 13.4. The summed E-state index contributed by atoms with van der Waals surface area (Å²) >= 11 is 12.1. The van der Waals surface area contributed by atoms with Crippen LogP contribution in [0.3, 0.4) is 0 Å². The van der Waals surface area contributed by atoms with E-state index in [1.54, 1.807) is 6.07 Å². The van der Waals surface area contributed by atoms with E-state index in [0.29, 0.717) is 11.1 Å². The molecule has 0 saturated heterocycles. The molecule has 0 unspecified atom stereocenters. The van der Waals surface area contributed by atoms with Crippen molar-refractivity contribution in [3.05, 3.63) is 81.2 Å². The van der Waals surface area contributed by atoms with Crippen molar-refractivity contribution in [2.75, 3.05) is 12.4 Å². The van der Waals surface area contributed by atoms with Crippen LogP contribution >= 0.6 is 23.2 Å². The van der Waals surface area contributed by atoms with Gasteiger partial charge in [-0.25, -0.2) is 9.18 Å². The Kier molecular flexibility index (Phi) is 5.96. The Morgan fingerprint density at radius 1 is 1.11 bits per heavy atom. The molecule has 0 fully saturated rings. The zero-order valence-corrected chi connectivity index (χ0v) is 16.1. The summed E-state index contributed by atoms with van der Waals surface area (Å²) in [5.41, 5.74) is 0.887. The lowest BCUT2D eigenvalue weighted by molar-refractivity contribution is 0.0600. The summed E-state index contributed by atoms with van der Waals surface area (Å²) in [6.07, 6.45) is 1.46. The van der Waals surface area contributed by atoms with Crippen LogP contribution in [0.4, 0.5) is 10.2 Å². The number of amides is 1. The molecule has 0 atom stereocenters. The average molecular weight is 422 g/mol. The minimum Gasteiger partial charge on any atom is -0.465 e. The van der Waals surface area contributed by atoms with E-state index in [-0.39, 0.29) is 28.0 Å². The van der Waals surface area contributed by atoms with Gasteiger partial charge in [-0.1, -0.05) is 29.3 Å². The van der Waals surface area contributed by atoms with E-state index in [2.05, 4.69) is 15.2 Å². The lowest BCUT2D eigenvalue weighted by Crippen LogP contribution is -2.13. The molecule has 0 saturated carbocycles. The highest BCUT2D eigenvalue weighted by atomic mass is 35.5. The Labute approximate surface area is 169 Å². The highest BCUT2D eigenvalue weighted by Gasteiger charge is 2.15. The molecule has 1 heterocycles. The topological polar surface area (TPSA) is 73.2 Å². The van der Waals surface area contributed by atoms with Gasteiger partial charge in [0.05, 0.1) is 19.2 Å². The zero-order valence-electron chi connectivity index (χ0n) is 14.6. The number of nitrogens with one attached hydrogen (secondary N) is 1. The number of benzene rings is 2. The highest BCUT2D eigenvalue weighted by Crippen LogP contribution is 2.24. The summed E-state index contributed by atoms with van der Waals surface area (Å²) in [5, 5.41) is 7.20. The quantitative estimate of drug-likeness (QED) is 0.618. The van der Waals surface area contributed by atoms with Gasteiger partial charge in [0.15, 0.2) is 5.82 Å². The second-order valence-electron chi connectivity index (χ2n) is 5.75. The fourth-order valence-electron chi connectivity index (χ4n) is 2.46. The molecule has 28 heavy (non-hydrogen) atoms. The third-order valence-electron chi connectivity index (χ3n) is 3.90. The number of carbonyl (C=O) groups excluding carboxylic acids is 2. The van der Waals surface area contributed by atoms with E-state index < -0.39 is 17.7 Å². The fourth-order valence-corrected chi connectivity index (χ4v) is 2.88. The first-order valence-electron chi connectivity index (χ1n) is 8.04. The van der Waals surface area contributed by atoms with Gasteiger partial charge in [0.25, 0.3) is 5.91 Å². The van der Waals surface area contributed by atoms with E-state index in [1.807, 2.05) is 0 Å². The average Bonchev–Trinajstić information content (AvgIpc) is 3.03. The molecule has 6 nitrogen and oxygen atoms in total. The summed E-state index contributed by atoms with van der Waals surface area (Å²) < 4.78 is 19.9. The third kappa shape index (κ3) is 4.32. The van der Waals surface area contributed by atoms with E-state index in [9.17, 15) is 14.0 Å². The molecule has 0 aliphatic carbocycles. The Morgan fingerprint density at radius 2 is 1.79 bits per heavy atom. The Hall–Kier alpha value is -2.90. The van der Waals surface area contributed by atoms with Crippen molar-refractivity contribution in [2.45, 2.75) is 6.54 Å². The van der Waals surface area contributed by atoms with Gasteiger partial charge < -0.3 is 10.1 Å². The molecule has 0 radical (unpaired) electrons. The molecule has 0 spiro atoms. The summed E-state index contributed by atoms with van der Waals surface area (Å²) in [4.78, 5) is 23.8. The minimum absolute atomic E-state index is 0.0505. The van der Waals surface area contributed by atoms with Gasteiger partial charge in [-0.3, -0.25) is 9.48 Å². The van der Waals surface area contributed by atoms with Gasteiger partial charge in [-0.05, 0) is 36.4 Å². The third-order valence-corrected chi connectivity index (χ3v) is 4.53. The van der Waals surface area contributed by atoms with Crippen LogP contribution in [0, 0.1) is 5.82 Å². The molecule has 1 amide bonds. The first kappa shape index (κ1) is 19.9. The molecule has 1 N–H and O–H groups in total. The van der Waals surface area contributed by atoms with Gasteiger partial charge in [0, 0.05) is 22.3 Å². The predicted octanol–water partition coefficient (Wildman–Crippen LogP) is 4.42. The number of methoxy groups -OCH3 is 1. The lowest BCUT2D eigenvalue weighted by Gasteiger charge is -2.06. The number of hydrogen-bond donors (Lipinski definition) is 1. The Bertz CT molecular complexity index is 1020. The van der Waals surface area contributed by atoms with Crippen LogP contribution in [0.25, 0.3) is 0 Å². The van der Waals surface area contributed by atoms with E-state index in [1.165, 1.54) is 54.4 Å². The van der Waals surface area contributed by atoms with Crippen molar-refractivity contribution in [3.63, 3.8) is 0 Å². The van der Waals surface area contributed by atoms with Crippen LogP contribution in [-0.2, 0) is 11.3 Å². The van der Waals surface area contributed by atoms with Crippen molar-refractivity contribution in [2.24, 2.45) is 0 Å². The summed E-state index contributed by atoms with van der Waals surface area (Å²) in [7, 11) is 1.27. The molecule has 9 heteroatoms. The molecule has 0 bridgehead atoms. The smallest absolute Gasteiger partial charge is 0.337 e. The van der Waals surface area contributed by atoms with Gasteiger partial charge in [0.2, 0.25) is 0 Å². The Morgan fingerprint density at radius 3 is 2.43 bits per heavy atom. The van der Waals surface area contributed by atoms with Crippen molar-refractivity contribution in [1.29, 1.82) is 0 Å². The Balaban J connectivity index is 1.74. The molecule has 3 aromatic rings. The second-order valence-corrected chi connectivity index (χ2v) is 6.56. The van der Waals surface area contributed by atoms with Gasteiger partial charge in [-0.2, -0.15) is 5.10 Å². The SMILES string of the molecule is COC(=O)c1ccc(C(=O)Nc2nn(Cc3c(F)cccc3Cl)cc2Cl)cc1. The van der Waals surface area contributed by atoms with Crippen LogP contribution in [0.15, 0.2) is 48.7 Å². The van der Waals surface area contributed by atoms with Crippen molar-refractivity contribution < 1.29 is 18.7 Å². The number of hydrogen-bond acceptors (Lipinski definition) is 4. The maximum atomic E-state index is 13.9. The van der Waals surface area contributed by atoms with Crippen molar-refractivity contribution >= 4 is 40.9 Å². The standard InChI is InChI=1S/C19H14Cl2FN3O3/c1-28-19(27)12-7-5-11(6-8-12)18(26)23-17-15(21)10-25(24-17)9-13-14(20)3-2-4-16(13)22/h2-8,10H,9H2,1H3,(H,23,24,26). The number of rotatable bonds is 5. The normalized spacial score (nSPS) is 10.6. The van der Waals surface area contributed by atoms with Crippen LogP contribution in [0.2, 0.25) is 10.0 Å². The molecule has 0 aliphatic rings.